The topological polar surface area (TPSA) is 77.0 Å². The van der Waals surface area contributed by atoms with E-state index >= 15 is 0 Å². The predicted octanol–water partition coefficient (Wildman–Crippen LogP) is 6.16. The van der Waals surface area contributed by atoms with Gasteiger partial charge in [-0.05, 0) is 24.3 Å². The van der Waals surface area contributed by atoms with Crippen molar-refractivity contribution in [2.45, 2.75) is 19.8 Å². The fourth-order valence-corrected chi connectivity index (χ4v) is 4.58. The number of benzene rings is 2. The molecule has 8 heteroatoms. The van der Waals surface area contributed by atoms with E-state index in [4.69, 9.17) is 21.3 Å². The van der Waals surface area contributed by atoms with Crippen LogP contribution in [-0.2, 0) is 4.79 Å². The third-order valence-electron chi connectivity index (χ3n) is 5.66. The summed E-state index contributed by atoms with van der Waals surface area (Å²) in [6.45, 7) is 3.85. The number of rotatable bonds is 4. The van der Waals surface area contributed by atoms with E-state index in [0.717, 1.165) is 22.4 Å². The van der Waals surface area contributed by atoms with E-state index in [1.807, 2.05) is 74.5 Å². The Bertz CT molecular complexity index is 1290. The van der Waals surface area contributed by atoms with E-state index in [0.29, 0.717) is 21.8 Å². The average molecular weight is 463 g/mol. The highest BCUT2D eigenvalue weighted by molar-refractivity contribution is 7.13. The van der Waals surface area contributed by atoms with Crippen molar-refractivity contribution in [1.29, 1.82) is 0 Å². The monoisotopic (exact) mass is 462 g/mol. The van der Waals surface area contributed by atoms with Crippen LogP contribution in [0.3, 0.4) is 0 Å². The Labute approximate surface area is 194 Å². The molecule has 1 aliphatic rings. The lowest BCUT2D eigenvalue weighted by Gasteiger charge is -2.37. The number of carbonyl (C=O) groups is 1. The van der Waals surface area contributed by atoms with Crippen molar-refractivity contribution in [2.75, 3.05) is 5.32 Å². The van der Waals surface area contributed by atoms with Crippen LogP contribution in [0.15, 0.2) is 66.2 Å². The molecule has 2 aromatic carbocycles. The molecule has 1 amide bonds. The molecule has 160 valence electrons. The highest BCUT2D eigenvalue weighted by Gasteiger charge is 2.44. The molecule has 32 heavy (non-hydrogen) atoms. The van der Waals surface area contributed by atoms with Crippen LogP contribution < -0.4 is 10.1 Å². The Morgan fingerprint density at radius 1 is 1.06 bits per heavy atom. The van der Waals surface area contributed by atoms with Gasteiger partial charge in [-0.25, -0.2) is 4.98 Å². The standard InChI is InChI=1S/C24H19ClN4O2S/c1-24(2,22(30)28-23-29-26-13-32-23)20-16-5-3-4-6-19(16)31-21-17(20)11-12-18(27-21)14-7-9-15(25)10-8-14/h3-13,20H,1-2H3,(H,28,29,30)/t20-/m0/s1. The maximum atomic E-state index is 13.3. The number of halogens is 1. The number of hydrogen-bond donors (Lipinski definition) is 1. The molecule has 0 radical (unpaired) electrons. The predicted molar refractivity (Wildman–Crippen MR) is 125 cm³/mol. The summed E-state index contributed by atoms with van der Waals surface area (Å²) in [5, 5.41) is 11.8. The van der Waals surface area contributed by atoms with Crippen molar-refractivity contribution in [2.24, 2.45) is 5.41 Å². The van der Waals surface area contributed by atoms with Crippen LogP contribution >= 0.6 is 22.9 Å². The Kier molecular flexibility index (Phi) is 5.15. The van der Waals surface area contributed by atoms with Gasteiger partial charge in [-0.1, -0.05) is 73.2 Å². The van der Waals surface area contributed by atoms with Gasteiger partial charge in [0.05, 0.1) is 11.1 Å². The molecule has 0 saturated heterocycles. The zero-order valence-electron chi connectivity index (χ0n) is 17.4. The highest BCUT2D eigenvalue weighted by atomic mass is 35.5. The molecule has 0 bridgehead atoms. The van der Waals surface area contributed by atoms with Gasteiger partial charge in [-0.2, -0.15) is 0 Å². The average Bonchev–Trinajstić information content (AvgIpc) is 3.30. The lowest BCUT2D eigenvalue weighted by molar-refractivity contribution is -0.124. The van der Waals surface area contributed by atoms with E-state index in [2.05, 4.69) is 15.5 Å². The molecule has 1 aliphatic heterocycles. The lowest BCUT2D eigenvalue weighted by Crippen LogP contribution is -2.38. The Balaban J connectivity index is 1.58. The molecular weight excluding hydrogens is 444 g/mol. The van der Waals surface area contributed by atoms with E-state index in [-0.39, 0.29) is 11.8 Å². The lowest BCUT2D eigenvalue weighted by atomic mass is 9.69. The number of amides is 1. The number of carbonyl (C=O) groups excluding carboxylic acids is 1. The molecule has 0 aliphatic carbocycles. The molecule has 0 unspecified atom stereocenters. The number of para-hydroxylation sites is 1. The number of pyridine rings is 1. The van der Waals surface area contributed by atoms with Gasteiger partial charge in [0.1, 0.15) is 11.3 Å². The van der Waals surface area contributed by atoms with Crippen molar-refractivity contribution in [1.82, 2.24) is 15.2 Å². The van der Waals surface area contributed by atoms with Crippen molar-refractivity contribution in [3.63, 3.8) is 0 Å². The number of ether oxygens (including phenoxy) is 1. The maximum absolute atomic E-state index is 13.3. The molecule has 4 aromatic rings. The van der Waals surface area contributed by atoms with Crippen LogP contribution in [0.25, 0.3) is 11.3 Å². The van der Waals surface area contributed by atoms with Gasteiger partial charge in [-0.3, -0.25) is 4.79 Å². The second-order valence-corrected chi connectivity index (χ2v) is 9.36. The molecule has 0 fully saturated rings. The minimum absolute atomic E-state index is 0.149. The summed E-state index contributed by atoms with van der Waals surface area (Å²) >= 11 is 7.31. The number of nitrogens with zero attached hydrogens (tertiary/aromatic N) is 3. The van der Waals surface area contributed by atoms with Crippen molar-refractivity contribution in [3.05, 3.63) is 82.3 Å². The van der Waals surface area contributed by atoms with Crippen LogP contribution in [-0.4, -0.2) is 21.1 Å². The second-order valence-electron chi connectivity index (χ2n) is 8.09. The first-order valence-corrected chi connectivity index (χ1v) is 11.3. The van der Waals surface area contributed by atoms with Crippen LogP contribution in [0.5, 0.6) is 11.6 Å². The van der Waals surface area contributed by atoms with Gasteiger partial charge in [0.15, 0.2) is 0 Å². The number of nitrogens with one attached hydrogen (secondary N) is 1. The first kappa shape index (κ1) is 20.6. The normalized spacial score (nSPS) is 14.8. The Morgan fingerprint density at radius 3 is 2.59 bits per heavy atom. The van der Waals surface area contributed by atoms with Crippen molar-refractivity contribution < 1.29 is 9.53 Å². The molecule has 1 atom stereocenters. The number of aromatic nitrogens is 3. The maximum Gasteiger partial charge on any atom is 0.232 e. The van der Waals surface area contributed by atoms with Crippen LogP contribution in [0, 0.1) is 5.41 Å². The first-order valence-electron chi connectivity index (χ1n) is 10.0. The first-order chi connectivity index (χ1) is 15.4. The largest absolute Gasteiger partial charge is 0.438 e. The summed E-state index contributed by atoms with van der Waals surface area (Å²) < 4.78 is 6.19. The molecular formula is C24H19ClN4O2S. The number of fused-ring (bicyclic) bond motifs is 2. The molecule has 1 N–H and O–H groups in total. The highest BCUT2D eigenvalue weighted by Crippen LogP contribution is 2.52. The van der Waals surface area contributed by atoms with Gasteiger partial charge in [0.25, 0.3) is 0 Å². The molecule has 5 rings (SSSR count). The van der Waals surface area contributed by atoms with Gasteiger partial charge < -0.3 is 10.1 Å². The smallest absolute Gasteiger partial charge is 0.232 e. The van der Waals surface area contributed by atoms with Gasteiger partial charge in [0.2, 0.25) is 16.9 Å². The molecule has 0 spiro atoms. The summed E-state index contributed by atoms with van der Waals surface area (Å²) in [7, 11) is 0. The zero-order chi connectivity index (χ0) is 22.3. The summed E-state index contributed by atoms with van der Waals surface area (Å²) in [6.07, 6.45) is 0. The third kappa shape index (κ3) is 3.63. The Hall–Kier alpha value is -3.29. The number of anilines is 1. The van der Waals surface area contributed by atoms with E-state index in [9.17, 15) is 4.79 Å². The Morgan fingerprint density at radius 2 is 1.84 bits per heavy atom. The minimum Gasteiger partial charge on any atom is -0.438 e. The summed E-state index contributed by atoms with van der Waals surface area (Å²) in [4.78, 5) is 18.1. The van der Waals surface area contributed by atoms with Crippen LogP contribution in [0.4, 0.5) is 5.13 Å². The second kappa shape index (κ2) is 8.00. The van der Waals surface area contributed by atoms with Crippen molar-refractivity contribution >= 4 is 34.0 Å². The minimum atomic E-state index is -0.816. The summed E-state index contributed by atoms with van der Waals surface area (Å²) in [5.74, 6) is 0.784. The third-order valence-corrected chi connectivity index (χ3v) is 6.52. The quantitative estimate of drug-likeness (QED) is 0.393. The molecule has 0 saturated carbocycles. The van der Waals surface area contributed by atoms with E-state index in [1.165, 1.54) is 11.3 Å². The van der Waals surface area contributed by atoms with Gasteiger partial charge in [-0.15, -0.1) is 10.2 Å². The fraction of sp³-hybridized carbons (Fsp3) is 0.167. The molecule has 3 heterocycles. The van der Waals surface area contributed by atoms with Crippen LogP contribution in [0.1, 0.15) is 30.9 Å². The SMILES string of the molecule is CC(C)(C(=O)Nc1nncs1)[C@H]1c2ccccc2Oc2nc(-c3ccc(Cl)cc3)ccc21. The fourth-order valence-electron chi connectivity index (χ4n) is 4.01. The zero-order valence-corrected chi connectivity index (χ0v) is 18.9. The van der Waals surface area contributed by atoms with Gasteiger partial charge >= 0.3 is 0 Å². The van der Waals surface area contributed by atoms with Gasteiger partial charge in [0, 0.05) is 27.6 Å². The molecule has 2 aromatic heterocycles. The molecule has 6 nitrogen and oxygen atoms in total. The van der Waals surface area contributed by atoms with E-state index < -0.39 is 5.41 Å². The number of hydrogen-bond acceptors (Lipinski definition) is 6. The van der Waals surface area contributed by atoms with Crippen molar-refractivity contribution in [3.8, 4) is 22.9 Å². The van der Waals surface area contributed by atoms with E-state index in [1.54, 1.807) is 5.51 Å². The summed E-state index contributed by atoms with van der Waals surface area (Å²) in [5.41, 5.74) is 4.28. The summed E-state index contributed by atoms with van der Waals surface area (Å²) in [6, 6.07) is 19.2. The van der Waals surface area contributed by atoms with Crippen LogP contribution in [0.2, 0.25) is 5.02 Å².